The fraction of sp³-hybridized carbons (Fsp3) is 0.263. The van der Waals surface area contributed by atoms with E-state index < -0.39 is 10.8 Å². The molecule has 2 aliphatic heterocycles. The molecular weight excluding hydrogens is 367 g/mol. The Morgan fingerprint density at radius 2 is 2.04 bits per heavy atom. The van der Waals surface area contributed by atoms with Crippen LogP contribution in [0.15, 0.2) is 47.3 Å². The van der Waals surface area contributed by atoms with E-state index in [1.807, 2.05) is 24.2 Å². The zero-order valence-electron chi connectivity index (χ0n) is 14.6. The van der Waals surface area contributed by atoms with Gasteiger partial charge < -0.3 is 9.43 Å². The number of halogens is 1. The molecule has 1 saturated heterocycles. The summed E-state index contributed by atoms with van der Waals surface area (Å²) in [4.78, 5) is 8.71. The number of nitrogens with zero attached hydrogens (tertiary/aromatic N) is 3. The number of fused-ring (bicyclic) bond motifs is 1. The fourth-order valence-electron chi connectivity index (χ4n) is 3.55. The van der Waals surface area contributed by atoms with E-state index in [2.05, 4.69) is 15.4 Å². The summed E-state index contributed by atoms with van der Waals surface area (Å²) in [5, 5.41) is 2.85. The highest BCUT2D eigenvalue weighted by Crippen LogP contribution is 2.38. The molecule has 1 N–H and O–H groups in total. The average molecular weight is 384 g/mol. The van der Waals surface area contributed by atoms with Crippen LogP contribution in [0.3, 0.4) is 0 Å². The van der Waals surface area contributed by atoms with Crippen LogP contribution >= 0.6 is 0 Å². The van der Waals surface area contributed by atoms with E-state index >= 15 is 0 Å². The van der Waals surface area contributed by atoms with Crippen molar-refractivity contribution in [3.05, 3.63) is 65.7 Å². The summed E-state index contributed by atoms with van der Waals surface area (Å²) in [7, 11) is -0.753. The van der Waals surface area contributed by atoms with E-state index in [0.29, 0.717) is 17.2 Å². The summed E-state index contributed by atoms with van der Waals surface area (Å²) in [5.41, 5.74) is 6.66. The summed E-state index contributed by atoms with van der Waals surface area (Å²) >= 11 is 0. The summed E-state index contributed by atoms with van der Waals surface area (Å²) in [6.45, 7) is 1.88. The van der Waals surface area contributed by atoms with Crippen LogP contribution in [0, 0.1) is 12.7 Å². The van der Waals surface area contributed by atoms with E-state index in [0.717, 1.165) is 28.0 Å². The molecule has 4 heterocycles. The van der Waals surface area contributed by atoms with Gasteiger partial charge in [-0.1, -0.05) is 12.1 Å². The predicted octanol–water partition coefficient (Wildman–Crippen LogP) is 2.70. The van der Waals surface area contributed by atoms with Gasteiger partial charge >= 0.3 is 0 Å². The smallest absolute Gasteiger partial charge is 0.229 e. The van der Waals surface area contributed by atoms with Crippen LogP contribution in [0.2, 0.25) is 0 Å². The van der Waals surface area contributed by atoms with Gasteiger partial charge in [0.1, 0.15) is 17.9 Å². The van der Waals surface area contributed by atoms with Crippen molar-refractivity contribution in [2.45, 2.75) is 19.0 Å². The number of aryl methyl sites for hydroxylation is 1. The number of aromatic nitrogens is 2. The maximum Gasteiger partial charge on any atom is 0.229 e. The van der Waals surface area contributed by atoms with Gasteiger partial charge in [-0.15, -0.1) is 0 Å². The molecule has 6 nitrogen and oxygen atoms in total. The molecule has 0 saturated carbocycles. The van der Waals surface area contributed by atoms with E-state index in [4.69, 9.17) is 4.42 Å². The lowest BCUT2D eigenvalue weighted by molar-refractivity contribution is 0.221. The molecule has 0 radical (unpaired) electrons. The van der Waals surface area contributed by atoms with Gasteiger partial charge in [0.2, 0.25) is 5.71 Å². The number of benzene rings is 1. The quantitative estimate of drug-likeness (QED) is 0.749. The van der Waals surface area contributed by atoms with E-state index in [-0.39, 0.29) is 17.9 Å². The Morgan fingerprint density at radius 3 is 2.78 bits per heavy atom. The van der Waals surface area contributed by atoms with E-state index in [1.165, 1.54) is 18.5 Å². The highest BCUT2D eigenvalue weighted by molar-refractivity contribution is 7.86. The first-order chi connectivity index (χ1) is 13.1. The zero-order valence-corrected chi connectivity index (χ0v) is 15.4. The average Bonchev–Trinajstić information content (AvgIpc) is 3.22. The van der Waals surface area contributed by atoms with Gasteiger partial charge in [-0.05, 0) is 30.7 Å². The number of hydrogen-bond donors (Lipinski definition) is 1. The van der Waals surface area contributed by atoms with Gasteiger partial charge in [0.25, 0.3) is 0 Å². The van der Waals surface area contributed by atoms with Gasteiger partial charge in [-0.2, -0.15) is 0 Å². The van der Waals surface area contributed by atoms with Gasteiger partial charge in [0, 0.05) is 34.1 Å². The molecule has 0 aliphatic carbocycles. The number of hydrazine groups is 1. The lowest BCUT2D eigenvalue weighted by atomic mass is 9.97. The highest BCUT2D eigenvalue weighted by atomic mass is 32.2. The molecule has 1 fully saturated rings. The normalized spacial score (nSPS) is 24.9. The summed E-state index contributed by atoms with van der Waals surface area (Å²) < 4.78 is 30.6. The maximum atomic E-state index is 13.4. The Morgan fingerprint density at radius 1 is 1.26 bits per heavy atom. The van der Waals surface area contributed by atoms with Crippen LogP contribution in [-0.4, -0.2) is 36.7 Å². The molecule has 0 amide bonds. The van der Waals surface area contributed by atoms with Crippen LogP contribution < -0.4 is 5.43 Å². The zero-order chi connectivity index (χ0) is 18.5. The monoisotopic (exact) mass is 384 g/mol. The number of rotatable bonds is 3. The van der Waals surface area contributed by atoms with Crippen molar-refractivity contribution >= 4 is 27.5 Å². The Labute approximate surface area is 157 Å². The first kappa shape index (κ1) is 16.6. The molecule has 1 atom stereocenters. The number of hydrogen-bond acceptors (Lipinski definition) is 6. The topological polar surface area (TPSA) is 71.3 Å². The van der Waals surface area contributed by atoms with E-state index in [1.54, 1.807) is 12.1 Å². The minimum absolute atomic E-state index is 0.176. The second-order valence-corrected chi connectivity index (χ2v) is 8.38. The van der Waals surface area contributed by atoms with Crippen LogP contribution in [0.5, 0.6) is 0 Å². The van der Waals surface area contributed by atoms with Gasteiger partial charge in [-0.25, -0.2) is 19.8 Å². The van der Waals surface area contributed by atoms with Crippen LogP contribution in [0.1, 0.15) is 23.1 Å². The van der Waals surface area contributed by atoms with Crippen molar-refractivity contribution in [2.75, 3.05) is 11.5 Å². The molecule has 27 heavy (non-hydrogen) atoms. The van der Waals surface area contributed by atoms with Gasteiger partial charge in [-0.3, -0.25) is 4.21 Å². The van der Waals surface area contributed by atoms with E-state index in [9.17, 15) is 8.60 Å². The lowest BCUT2D eigenvalue weighted by Gasteiger charge is -2.34. The van der Waals surface area contributed by atoms with Gasteiger partial charge in [0.15, 0.2) is 0 Å². The summed E-state index contributed by atoms with van der Waals surface area (Å²) in [5.74, 6) is 1.76. The third-order valence-electron chi connectivity index (χ3n) is 4.95. The molecule has 2 aliphatic rings. The first-order valence-corrected chi connectivity index (χ1v) is 10.2. The van der Waals surface area contributed by atoms with Crippen molar-refractivity contribution < 1.29 is 13.0 Å². The third kappa shape index (κ3) is 2.85. The molecule has 3 aromatic rings. The molecule has 1 aromatic carbocycles. The maximum absolute atomic E-state index is 13.4. The molecule has 2 aromatic heterocycles. The summed E-state index contributed by atoms with van der Waals surface area (Å²) in [6.07, 6.45) is 3.50. The van der Waals surface area contributed by atoms with Crippen molar-refractivity contribution in [1.82, 2.24) is 20.4 Å². The molecule has 138 valence electrons. The Kier molecular flexibility index (Phi) is 3.84. The fourth-order valence-corrected chi connectivity index (χ4v) is 4.63. The minimum atomic E-state index is -0.753. The number of nitrogens with one attached hydrogen (secondary N) is 1. The van der Waals surface area contributed by atoms with Crippen molar-refractivity contribution in [2.24, 2.45) is 0 Å². The second kappa shape index (κ2) is 6.24. The first-order valence-electron chi connectivity index (χ1n) is 8.66. The lowest BCUT2D eigenvalue weighted by Crippen LogP contribution is -2.52. The Balaban J connectivity index is 1.60. The van der Waals surface area contributed by atoms with Crippen LogP contribution in [0.4, 0.5) is 4.39 Å². The number of furan rings is 1. The standard InChI is InChI=1S/C19H17FN4O2S/c1-11-6-15-18(21-10-22-19(15)26-11)16-7-24(14-8-27(25)9-14)23-17(16)12-2-4-13(20)5-3-12/h2-7,10,14,17,23H,8-9H2,1H3. The third-order valence-corrected chi connectivity index (χ3v) is 6.46. The molecule has 0 bridgehead atoms. The van der Waals surface area contributed by atoms with Crippen molar-refractivity contribution in [3.8, 4) is 0 Å². The summed E-state index contributed by atoms with van der Waals surface area (Å²) in [6, 6.07) is 8.35. The largest absolute Gasteiger partial charge is 0.443 e. The SMILES string of the molecule is Cc1cc2c(C3=CN(C4CS(=O)C4)NC3c3ccc(F)cc3)ncnc2o1. The molecular formula is C19H17FN4O2S. The second-order valence-electron chi connectivity index (χ2n) is 6.83. The highest BCUT2D eigenvalue weighted by Gasteiger charge is 2.37. The molecule has 0 spiro atoms. The van der Waals surface area contributed by atoms with Gasteiger partial charge in [0.05, 0.1) is 23.2 Å². The van der Waals surface area contributed by atoms with Crippen molar-refractivity contribution in [3.63, 3.8) is 0 Å². The molecule has 8 heteroatoms. The minimum Gasteiger partial charge on any atom is -0.443 e. The molecule has 5 rings (SSSR count). The molecule has 1 unspecified atom stereocenters. The Hall–Kier alpha value is -2.58. The Bertz CT molecular complexity index is 1070. The van der Waals surface area contributed by atoms with Crippen LogP contribution in [-0.2, 0) is 10.8 Å². The van der Waals surface area contributed by atoms with Crippen molar-refractivity contribution in [1.29, 1.82) is 0 Å². The predicted molar refractivity (Wildman–Crippen MR) is 100 cm³/mol. The van der Waals surface area contributed by atoms with Crippen LogP contribution in [0.25, 0.3) is 16.7 Å².